The van der Waals surface area contributed by atoms with Gasteiger partial charge in [0.15, 0.2) is 0 Å². The highest BCUT2D eigenvalue weighted by Gasteiger charge is 2.39. The normalized spacial score (nSPS) is 16.9. The Morgan fingerprint density at radius 3 is 2.44 bits per heavy atom. The number of benzene rings is 1. The highest BCUT2D eigenvalue weighted by molar-refractivity contribution is 5.89. The first-order valence-electron chi connectivity index (χ1n) is 9.30. The van der Waals surface area contributed by atoms with Crippen LogP contribution in [0.25, 0.3) is 0 Å². The molecular formula is C20H29N3O4. The summed E-state index contributed by atoms with van der Waals surface area (Å²) in [6.07, 6.45) is 0.493. The van der Waals surface area contributed by atoms with Crippen molar-refractivity contribution >= 4 is 17.7 Å². The van der Waals surface area contributed by atoms with E-state index in [0.29, 0.717) is 26.2 Å². The second kappa shape index (κ2) is 9.39. The quantitative estimate of drug-likeness (QED) is 0.671. The van der Waals surface area contributed by atoms with Gasteiger partial charge in [-0.1, -0.05) is 18.2 Å². The molecule has 2 N–H and O–H groups in total. The molecule has 1 heterocycles. The number of para-hydroxylation sites is 1. The van der Waals surface area contributed by atoms with E-state index in [2.05, 4.69) is 10.6 Å². The highest BCUT2D eigenvalue weighted by Crippen LogP contribution is 2.25. The molecule has 7 heteroatoms. The minimum Gasteiger partial charge on any atom is -0.493 e. The van der Waals surface area contributed by atoms with E-state index in [1.54, 1.807) is 4.90 Å². The van der Waals surface area contributed by atoms with Crippen LogP contribution in [0.15, 0.2) is 30.3 Å². The number of carbonyl (C=O) groups excluding carboxylic acids is 3. The number of ether oxygens (including phenoxy) is 1. The van der Waals surface area contributed by atoms with Crippen LogP contribution in [-0.2, 0) is 14.4 Å². The van der Waals surface area contributed by atoms with Crippen molar-refractivity contribution in [3.8, 4) is 5.75 Å². The van der Waals surface area contributed by atoms with Crippen molar-refractivity contribution in [2.24, 2.45) is 5.92 Å². The first-order valence-corrected chi connectivity index (χ1v) is 9.30. The van der Waals surface area contributed by atoms with Crippen molar-refractivity contribution in [2.45, 2.75) is 39.2 Å². The number of nitrogens with one attached hydrogen (secondary N) is 2. The van der Waals surface area contributed by atoms with Gasteiger partial charge in [-0.05, 0) is 32.9 Å². The van der Waals surface area contributed by atoms with Crippen LogP contribution in [0.5, 0.6) is 5.75 Å². The van der Waals surface area contributed by atoms with Crippen LogP contribution in [0.4, 0.5) is 0 Å². The fraction of sp³-hybridized carbons (Fsp3) is 0.550. The van der Waals surface area contributed by atoms with Crippen LogP contribution in [0.2, 0.25) is 0 Å². The number of nitrogens with zero attached hydrogens (tertiary/aromatic N) is 1. The monoisotopic (exact) mass is 375 g/mol. The van der Waals surface area contributed by atoms with Gasteiger partial charge in [-0.2, -0.15) is 0 Å². The number of likely N-dealkylation sites (tertiary alicyclic amines) is 1. The Hall–Kier alpha value is -2.57. The third-order valence-electron chi connectivity index (χ3n) is 4.39. The molecule has 1 fully saturated rings. The number of rotatable bonds is 8. The van der Waals surface area contributed by atoms with E-state index in [-0.39, 0.29) is 42.0 Å². The van der Waals surface area contributed by atoms with Gasteiger partial charge >= 0.3 is 0 Å². The van der Waals surface area contributed by atoms with Crippen LogP contribution >= 0.6 is 0 Å². The maximum absolute atomic E-state index is 12.2. The molecule has 3 amide bonds. The number of hydrogen-bond donors (Lipinski definition) is 2. The molecule has 0 bridgehead atoms. The average molecular weight is 375 g/mol. The summed E-state index contributed by atoms with van der Waals surface area (Å²) in [5.74, 6) is 0.140. The molecule has 7 nitrogen and oxygen atoms in total. The lowest BCUT2D eigenvalue weighted by Gasteiger charge is -2.31. The van der Waals surface area contributed by atoms with E-state index in [1.807, 2.05) is 51.1 Å². The molecule has 0 aliphatic carbocycles. The van der Waals surface area contributed by atoms with Gasteiger partial charge in [0, 0.05) is 31.6 Å². The van der Waals surface area contributed by atoms with E-state index in [4.69, 9.17) is 4.74 Å². The van der Waals surface area contributed by atoms with Gasteiger partial charge in [0.1, 0.15) is 5.75 Å². The largest absolute Gasteiger partial charge is 0.493 e. The Morgan fingerprint density at radius 1 is 1.15 bits per heavy atom. The lowest BCUT2D eigenvalue weighted by molar-refractivity contribution is -0.132. The van der Waals surface area contributed by atoms with Crippen molar-refractivity contribution in [1.82, 2.24) is 15.5 Å². The molecule has 1 saturated heterocycles. The zero-order valence-electron chi connectivity index (χ0n) is 16.3. The summed E-state index contributed by atoms with van der Waals surface area (Å²) in [4.78, 5) is 37.8. The zero-order valence-corrected chi connectivity index (χ0v) is 16.3. The summed E-state index contributed by atoms with van der Waals surface area (Å²) in [7, 11) is 0. The van der Waals surface area contributed by atoms with Crippen molar-refractivity contribution < 1.29 is 19.1 Å². The summed E-state index contributed by atoms with van der Waals surface area (Å²) < 4.78 is 5.47. The molecule has 148 valence electrons. The van der Waals surface area contributed by atoms with Crippen molar-refractivity contribution in [2.75, 3.05) is 26.2 Å². The summed E-state index contributed by atoms with van der Waals surface area (Å²) >= 11 is 0. The molecule has 0 aromatic heterocycles. The molecule has 0 radical (unpaired) electrons. The minimum absolute atomic E-state index is 0.00867. The Morgan fingerprint density at radius 2 is 1.81 bits per heavy atom. The SMILES string of the molecule is CC(C)(C)N1CC(C(=O)NCCNC(=O)CCOc2ccccc2)CC1=O. The van der Waals surface area contributed by atoms with Gasteiger partial charge in [0.05, 0.1) is 18.9 Å². The van der Waals surface area contributed by atoms with Crippen LogP contribution in [0.1, 0.15) is 33.6 Å². The first-order chi connectivity index (χ1) is 12.8. The van der Waals surface area contributed by atoms with Gasteiger partial charge in [-0.25, -0.2) is 0 Å². The Balaban J connectivity index is 1.59. The maximum Gasteiger partial charge on any atom is 0.225 e. The zero-order chi connectivity index (χ0) is 19.9. The summed E-state index contributed by atoms with van der Waals surface area (Å²) in [6.45, 7) is 7.31. The molecule has 27 heavy (non-hydrogen) atoms. The molecule has 1 aromatic rings. The summed E-state index contributed by atoms with van der Waals surface area (Å²) in [5, 5.41) is 5.54. The molecule has 0 saturated carbocycles. The molecule has 1 aromatic carbocycles. The third-order valence-corrected chi connectivity index (χ3v) is 4.39. The van der Waals surface area contributed by atoms with Crippen molar-refractivity contribution in [3.05, 3.63) is 30.3 Å². The van der Waals surface area contributed by atoms with E-state index in [1.165, 1.54) is 0 Å². The minimum atomic E-state index is -0.327. The number of carbonyl (C=O) groups is 3. The Bertz CT molecular complexity index is 655. The second-order valence-corrected chi connectivity index (χ2v) is 7.63. The van der Waals surface area contributed by atoms with E-state index in [0.717, 1.165) is 5.75 Å². The fourth-order valence-corrected chi connectivity index (χ4v) is 2.93. The lowest BCUT2D eigenvalue weighted by Crippen LogP contribution is -2.43. The van der Waals surface area contributed by atoms with Crippen molar-refractivity contribution in [3.63, 3.8) is 0 Å². The molecule has 1 atom stereocenters. The van der Waals surface area contributed by atoms with Gasteiger partial charge < -0.3 is 20.3 Å². The van der Waals surface area contributed by atoms with Crippen LogP contribution in [0.3, 0.4) is 0 Å². The fourth-order valence-electron chi connectivity index (χ4n) is 2.93. The predicted octanol–water partition coefficient (Wildman–Crippen LogP) is 1.33. The highest BCUT2D eigenvalue weighted by atomic mass is 16.5. The van der Waals surface area contributed by atoms with Gasteiger partial charge in [-0.15, -0.1) is 0 Å². The van der Waals surface area contributed by atoms with Crippen molar-refractivity contribution in [1.29, 1.82) is 0 Å². The molecule has 1 aliphatic rings. The lowest BCUT2D eigenvalue weighted by atomic mass is 10.1. The number of amides is 3. The second-order valence-electron chi connectivity index (χ2n) is 7.63. The molecule has 1 aliphatic heterocycles. The van der Waals surface area contributed by atoms with E-state index >= 15 is 0 Å². The molecule has 1 unspecified atom stereocenters. The van der Waals surface area contributed by atoms with Gasteiger partial charge in [0.2, 0.25) is 17.7 Å². The van der Waals surface area contributed by atoms with Gasteiger partial charge in [-0.3, -0.25) is 14.4 Å². The standard InChI is InChI=1S/C20H29N3O4/c1-20(2,3)23-14-15(13-18(23)25)19(26)22-11-10-21-17(24)9-12-27-16-7-5-4-6-8-16/h4-8,15H,9-14H2,1-3H3,(H,21,24)(H,22,26). The predicted molar refractivity (Wildman–Crippen MR) is 102 cm³/mol. The van der Waals surface area contributed by atoms with Crippen LogP contribution in [0, 0.1) is 5.92 Å². The maximum atomic E-state index is 12.2. The molecule has 2 rings (SSSR count). The van der Waals surface area contributed by atoms with Gasteiger partial charge in [0.25, 0.3) is 0 Å². The topological polar surface area (TPSA) is 87.7 Å². The van der Waals surface area contributed by atoms with E-state index in [9.17, 15) is 14.4 Å². The third kappa shape index (κ3) is 6.58. The molecular weight excluding hydrogens is 346 g/mol. The molecule has 0 spiro atoms. The first kappa shape index (κ1) is 20.7. The van der Waals surface area contributed by atoms with E-state index < -0.39 is 0 Å². The number of hydrogen-bond acceptors (Lipinski definition) is 4. The van der Waals surface area contributed by atoms with Crippen LogP contribution in [-0.4, -0.2) is 54.4 Å². The summed E-state index contributed by atoms with van der Waals surface area (Å²) in [6, 6.07) is 9.31. The van der Waals surface area contributed by atoms with Crippen LogP contribution < -0.4 is 15.4 Å². The smallest absolute Gasteiger partial charge is 0.225 e. The summed E-state index contributed by atoms with van der Waals surface area (Å²) in [5.41, 5.74) is -0.276. The Kier molecular flexibility index (Phi) is 7.21. The Labute approximate surface area is 160 Å². The average Bonchev–Trinajstić information content (AvgIpc) is 3.02.